The largest absolute Gasteiger partial charge is 0.461 e. The van der Waals surface area contributed by atoms with E-state index in [0.717, 1.165) is 0 Å². The van der Waals surface area contributed by atoms with E-state index in [2.05, 4.69) is 5.32 Å². The molecule has 2 rings (SSSR count). The lowest BCUT2D eigenvalue weighted by atomic mass is 9.97. The Morgan fingerprint density at radius 1 is 1.33 bits per heavy atom. The van der Waals surface area contributed by atoms with Gasteiger partial charge in [0.05, 0.1) is 0 Å². The zero-order chi connectivity index (χ0) is 13.1. The van der Waals surface area contributed by atoms with Crippen LogP contribution >= 0.6 is 0 Å². The number of anilines is 1. The Hall–Kier alpha value is -1.84. The number of rotatable bonds is 3. The van der Waals surface area contributed by atoms with Crippen molar-refractivity contribution in [2.45, 2.75) is 26.4 Å². The van der Waals surface area contributed by atoms with E-state index in [4.69, 9.17) is 4.74 Å². The third kappa shape index (κ3) is 2.70. The van der Waals surface area contributed by atoms with Crippen molar-refractivity contribution >= 4 is 17.6 Å². The van der Waals surface area contributed by atoms with Gasteiger partial charge >= 0.3 is 5.97 Å². The van der Waals surface area contributed by atoms with Gasteiger partial charge in [0.1, 0.15) is 12.0 Å². The molecule has 1 saturated heterocycles. The van der Waals surface area contributed by atoms with Gasteiger partial charge in [-0.1, -0.05) is 32.0 Å². The summed E-state index contributed by atoms with van der Waals surface area (Å²) >= 11 is 0. The van der Waals surface area contributed by atoms with E-state index in [1.807, 2.05) is 32.0 Å². The van der Waals surface area contributed by atoms with Crippen molar-refractivity contribution in [2.75, 3.05) is 5.32 Å². The Bertz CT molecular complexity index is 442. The fourth-order valence-corrected chi connectivity index (χ4v) is 1.98. The topological polar surface area (TPSA) is 55.4 Å². The van der Waals surface area contributed by atoms with Gasteiger partial charge in [-0.15, -0.1) is 0 Å². The summed E-state index contributed by atoms with van der Waals surface area (Å²) < 4.78 is 5.19. The molecule has 1 aliphatic heterocycles. The van der Waals surface area contributed by atoms with Crippen LogP contribution in [-0.4, -0.2) is 18.0 Å². The number of cyclic esters (lactones) is 1. The monoisotopic (exact) mass is 247 g/mol. The summed E-state index contributed by atoms with van der Waals surface area (Å²) in [5.41, 5.74) is 0.697. The van der Waals surface area contributed by atoms with Crippen LogP contribution in [-0.2, 0) is 14.3 Å². The van der Waals surface area contributed by atoms with E-state index in [9.17, 15) is 9.59 Å². The Kier molecular flexibility index (Phi) is 3.65. The number of para-hydroxylation sites is 1. The van der Waals surface area contributed by atoms with Gasteiger partial charge in [-0.2, -0.15) is 0 Å². The second-order valence-electron chi connectivity index (χ2n) is 4.86. The van der Waals surface area contributed by atoms with Gasteiger partial charge in [0.2, 0.25) is 5.91 Å². The minimum absolute atomic E-state index is 0.149. The minimum atomic E-state index is -0.683. The predicted octanol–water partition coefficient (Wildman–Crippen LogP) is 2.21. The number of hydrogen-bond donors (Lipinski definition) is 1. The Labute approximate surface area is 106 Å². The van der Waals surface area contributed by atoms with Gasteiger partial charge in [-0.25, -0.2) is 0 Å². The van der Waals surface area contributed by atoms with Crippen LogP contribution in [0, 0.1) is 11.8 Å². The normalized spacial score (nSPS) is 22.9. The molecule has 96 valence electrons. The quantitative estimate of drug-likeness (QED) is 0.658. The highest BCUT2D eigenvalue weighted by molar-refractivity contribution is 6.05. The van der Waals surface area contributed by atoms with Crippen LogP contribution in [0.1, 0.15) is 20.3 Å². The molecule has 0 bridgehead atoms. The van der Waals surface area contributed by atoms with Crippen LogP contribution in [0.25, 0.3) is 0 Å². The first-order valence-electron chi connectivity index (χ1n) is 6.14. The fourth-order valence-electron chi connectivity index (χ4n) is 1.98. The number of nitrogens with one attached hydrogen (secondary N) is 1. The first-order chi connectivity index (χ1) is 8.58. The highest BCUT2D eigenvalue weighted by Crippen LogP contribution is 2.27. The van der Waals surface area contributed by atoms with Gasteiger partial charge in [-0.05, 0) is 18.1 Å². The zero-order valence-corrected chi connectivity index (χ0v) is 10.6. The van der Waals surface area contributed by atoms with Crippen molar-refractivity contribution in [1.82, 2.24) is 0 Å². The van der Waals surface area contributed by atoms with Crippen molar-refractivity contribution in [3.63, 3.8) is 0 Å². The van der Waals surface area contributed by atoms with Crippen LogP contribution in [0.5, 0.6) is 0 Å². The molecule has 1 aromatic carbocycles. The molecule has 0 saturated carbocycles. The van der Waals surface area contributed by atoms with E-state index < -0.39 is 11.9 Å². The van der Waals surface area contributed by atoms with Crippen LogP contribution in [0.3, 0.4) is 0 Å². The molecule has 0 aliphatic carbocycles. The molecule has 4 heteroatoms. The van der Waals surface area contributed by atoms with E-state index >= 15 is 0 Å². The maximum Gasteiger partial charge on any atom is 0.318 e. The molecule has 0 aromatic heterocycles. The SMILES string of the molecule is CC(C)[C@H]1C[C@H](C(=O)Nc2ccccc2)C(=O)O1. The Balaban J connectivity index is 2.00. The average molecular weight is 247 g/mol. The van der Waals surface area contributed by atoms with Crippen molar-refractivity contribution in [1.29, 1.82) is 0 Å². The molecule has 4 nitrogen and oxygen atoms in total. The molecule has 1 fully saturated rings. The van der Waals surface area contributed by atoms with E-state index in [1.54, 1.807) is 12.1 Å². The number of carbonyl (C=O) groups excluding carboxylic acids is 2. The van der Waals surface area contributed by atoms with Crippen LogP contribution in [0.2, 0.25) is 0 Å². The molecule has 1 aromatic rings. The molecule has 0 spiro atoms. The number of esters is 1. The van der Waals surface area contributed by atoms with Gasteiger partial charge in [0.25, 0.3) is 0 Å². The molecule has 0 radical (unpaired) electrons. The molecule has 2 atom stereocenters. The molecule has 1 heterocycles. The van der Waals surface area contributed by atoms with E-state index in [-0.39, 0.29) is 17.9 Å². The van der Waals surface area contributed by atoms with Crippen molar-refractivity contribution < 1.29 is 14.3 Å². The third-order valence-electron chi connectivity index (χ3n) is 3.12. The zero-order valence-electron chi connectivity index (χ0n) is 10.6. The molecule has 1 amide bonds. The lowest BCUT2D eigenvalue weighted by Crippen LogP contribution is -2.26. The number of benzene rings is 1. The highest BCUT2D eigenvalue weighted by Gasteiger charge is 2.40. The number of amides is 1. The van der Waals surface area contributed by atoms with Crippen molar-refractivity contribution in [2.24, 2.45) is 11.8 Å². The summed E-state index contributed by atoms with van der Waals surface area (Å²) in [5, 5.41) is 2.73. The third-order valence-corrected chi connectivity index (χ3v) is 3.12. The summed E-state index contributed by atoms with van der Waals surface area (Å²) in [4.78, 5) is 23.6. The second-order valence-corrected chi connectivity index (χ2v) is 4.86. The molecule has 1 N–H and O–H groups in total. The average Bonchev–Trinajstić information content (AvgIpc) is 2.73. The number of carbonyl (C=O) groups is 2. The standard InChI is InChI=1S/C14H17NO3/c1-9(2)12-8-11(14(17)18-12)13(16)15-10-6-4-3-5-7-10/h3-7,9,11-12H,8H2,1-2H3,(H,15,16)/t11-,12-/m1/s1. The molecule has 18 heavy (non-hydrogen) atoms. The molecular weight excluding hydrogens is 230 g/mol. The molecule has 1 aliphatic rings. The predicted molar refractivity (Wildman–Crippen MR) is 67.9 cm³/mol. The molecule has 0 unspecified atom stereocenters. The number of ether oxygens (including phenoxy) is 1. The maximum absolute atomic E-state index is 12.0. The van der Waals surface area contributed by atoms with E-state index in [1.165, 1.54) is 0 Å². The summed E-state index contributed by atoms with van der Waals surface area (Å²) in [6.45, 7) is 3.96. The van der Waals surface area contributed by atoms with Gasteiger partial charge in [0, 0.05) is 12.1 Å². The van der Waals surface area contributed by atoms with Crippen molar-refractivity contribution in [3.8, 4) is 0 Å². The smallest absolute Gasteiger partial charge is 0.318 e. The summed E-state index contributed by atoms with van der Waals surface area (Å²) in [7, 11) is 0. The lowest BCUT2D eigenvalue weighted by molar-refractivity contribution is -0.147. The van der Waals surface area contributed by atoms with Crippen LogP contribution < -0.4 is 5.32 Å². The molecular formula is C14H17NO3. The first kappa shape index (κ1) is 12.6. The first-order valence-corrected chi connectivity index (χ1v) is 6.14. The van der Waals surface area contributed by atoms with E-state index in [0.29, 0.717) is 12.1 Å². The second kappa shape index (κ2) is 5.21. The van der Waals surface area contributed by atoms with Crippen molar-refractivity contribution in [3.05, 3.63) is 30.3 Å². The van der Waals surface area contributed by atoms with Gasteiger partial charge < -0.3 is 10.1 Å². The van der Waals surface area contributed by atoms with Gasteiger partial charge in [-0.3, -0.25) is 9.59 Å². The van der Waals surface area contributed by atoms with Gasteiger partial charge in [0.15, 0.2) is 0 Å². The lowest BCUT2D eigenvalue weighted by Gasteiger charge is -2.11. The maximum atomic E-state index is 12.0. The minimum Gasteiger partial charge on any atom is -0.461 e. The van der Waals surface area contributed by atoms with Crippen LogP contribution in [0.4, 0.5) is 5.69 Å². The summed E-state index contributed by atoms with van der Waals surface area (Å²) in [5.74, 6) is -1.14. The summed E-state index contributed by atoms with van der Waals surface area (Å²) in [6.07, 6.45) is 0.318. The Morgan fingerprint density at radius 2 is 2.00 bits per heavy atom. The fraction of sp³-hybridized carbons (Fsp3) is 0.429. The number of hydrogen-bond acceptors (Lipinski definition) is 3. The highest BCUT2D eigenvalue weighted by atomic mass is 16.6. The van der Waals surface area contributed by atoms with Crippen LogP contribution in [0.15, 0.2) is 30.3 Å². The summed E-state index contributed by atoms with van der Waals surface area (Å²) in [6, 6.07) is 9.11. The Morgan fingerprint density at radius 3 is 2.56 bits per heavy atom.